The van der Waals surface area contributed by atoms with Crippen LogP contribution in [-0.4, -0.2) is 66.0 Å². The Morgan fingerprint density at radius 3 is 2.86 bits per heavy atom. The van der Waals surface area contributed by atoms with E-state index in [4.69, 9.17) is 4.74 Å². The summed E-state index contributed by atoms with van der Waals surface area (Å²) in [6.07, 6.45) is 1.92. The molecule has 0 saturated carbocycles. The van der Waals surface area contributed by atoms with E-state index in [1.807, 2.05) is 17.8 Å². The van der Waals surface area contributed by atoms with Gasteiger partial charge in [-0.1, -0.05) is 30.3 Å². The van der Waals surface area contributed by atoms with Crippen LogP contribution in [0.3, 0.4) is 0 Å². The van der Waals surface area contributed by atoms with Crippen molar-refractivity contribution in [3.8, 4) is 0 Å². The number of rotatable bonds is 8. The van der Waals surface area contributed by atoms with Gasteiger partial charge in [0.1, 0.15) is 12.4 Å². The number of hydrogen-bond donors (Lipinski definition) is 2. The monoisotopic (exact) mass is 513 g/mol. The molecule has 0 spiro atoms. The van der Waals surface area contributed by atoms with E-state index in [9.17, 15) is 0 Å². The molecule has 0 fully saturated rings. The molecule has 160 valence electrons. The minimum absolute atomic E-state index is 0. The molecule has 1 atom stereocenters. The van der Waals surface area contributed by atoms with E-state index in [0.717, 1.165) is 56.6 Å². The molecule has 3 rings (SSSR count). The van der Waals surface area contributed by atoms with Gasteiger partial charge in [0, 0.05) is 46.3 Å². The molecule has 0 saturated heterocycles. The smallest absolute Gasteiger partial charge is 0.191 e. The quantitative estimate of drug-likeness (QED) is 0.318. The number of fused-ring (bicyclic) bond motifs is 1. The predicted octanol–water partition coefficient (Wildman–Crippen LogP) is 1.65. The van der Waals surface area contributed by atoms with E-state index in [1.54, 1.807) is 7.11 Å². The second-order valence-electron chi connectivity index (χ2n) is 7.16. The Hall–Kier alpha value is -1.72. The Balaban J connectivity index is 0.00000300. The van der Waals surface area contributed by atoms with Crippen LogP contribution >= 0.6 is 24.0 Å². The number of likely N-dealkylation sites (N-methyl/N-ethyl adjacent to an activating group) is 1. The lowest BCUT2D eigenvalue weighted by Gasteiger charge is -2.26. The molecule has 0 bridgehead atoms. The van der Waals surface area contributed by atoms with Crippen molar-refractivity contribution >= 4 is 29.9 Å². The average Bonchev–Trinajstić information content (AvgIpc) is 3.10. The summed E-state index contributed by atoms with van der Waals surface area (Å²) in [5, 5.41) is 11.4. The van der Waals surface area contributed by atoms with Crippen LogP contribution in [0.4, 0.5) is 0 Å². The van der Waals surface area contributed by atoms with Crippen LogP contribution < -0.4 is 10.6 Å². The van der Waals surface area contributed by atoms with Gasteiger partial charge < -0.3 is 20.3 Å². The summed E-state index contributed by atoms with van der Waals surface area (Å²) in [6, 6.07) is 10.8. The summed E-state index contributed by atoms with van der Waals surface area (Å²) in [5.74, 6) is 2.62. The van der Waals surface area contributed by atoms with Gasteiger partial charge >= 0.3 is 0 Å². The van der Waals surface area contributed by atoms with Crippen LogP contribution in [0, 0.1) is 0 Å². The van der Waals surface area contributed by atoms with Gasteiger partial charge in [0.15, 0.2) is 11.8 Å². The molecule has 1 aliphatic heterocycles. The Morgan fingerprint density at radius 2 is 2.14 bits per heavy atom. The molecule has 2 aromatic rings. The molecular formula is C20H32IN7O. The summed E-state index contributed by atoms with van der Waals surface area (Å²) in [7, 11) is 5.61. The van der Waals surface area contributed by atoms with Crippen LogP contribution in [0.5, 0.6) is 0 Å². The fraction of sp³-hybridized carbons (Fsp3) is 0.550. The first kappa shape index (κ1) is 23.6. The Morgan fingerprint density at radius 1 is 1.34 bits per heavy atom. The first-order valence-corrected chi connectivity index (χ1v) is 9.79. The number of ether oxygens (including phenoxy) is 1. The zero-order valence-electron chi connectivity index (χ0n) is 17.5. The molecule has 2 N–H and O–H groups in total. The lowest BCUT2D eigenvalue weighted by molar-refractivity contribution is 0.177. The molecule has 0 radical (unpaired) electrons. The topological polar surface area (TPSA) is 79.6 Å². The maximum Gasteiger partial charge on any atom is 0.191 e. The number of aryl methyl sites for hydroxylation is 1. The highest BCUT2D eigenvalue weighted by Gasteiger charge is 2.22. The third kappa shape index (κ3) is 7.23. The summed E-state index contributed by atoms with van der Waals surface area (Å²) < 4.78 is 7.11. The maximum absolute atomic E-state index is 5.13. The number of nitrogens with one attached hydrogen (secondary N) is 2. The van der Waals surface area contributed by atoms with Crippen molar-refractivity contribution in [2.45, 2.75) is 38.6 Å². The van der Waals surface area contributed by atoms with Gasteiger partial charge in [0.25, 0.3) is 0 Å². The normalized spacial score (nSPS) is 16.3. The standard InChI is InChI=1S/C20H31N7O.HI/c1-21-20(22-11-12-26(2)13-16-7-5-4-6-8-16)23-17-9-10-19-24-18(15-28-3)25-27(19)14-17;/h4-8,17H,9-15H2,1-3H3,(H2,21,22,23);1H. The summed E-state index contributed by atoms with van der Waals surface area (Å²) >= 11 is 0. The fourth-order valence-electron chi connectivity index (χ4n) is 3.40. The first-order chi connectivity index (χ1) is 13.7. The number of aliphatic imine (C=N–C) groups is 1. The van der Waals surface area contributed by atoms with E-state index in [-0.39, 0.29) is 30.0 Å². The van der Waals surface area contributed by atoms with Gasteiger partial charge in [-0.3, -0.25) is 4.99 Å². The van der Waals surface area contributed by atoms with E-state index < -0.39 is 0 Å². The Bertz CT molecular complexity index is 765. The van der Waals surface area contributed by atoms with Crippen molar-refractivity contribution in [2.24, 2.45) is 4.99 Å². The second kappa shape index (κ2) is 12.1. The molecule has 1 aliphatic rings. The minimum atomic E-state index is 0. The van der Waals surface area contributed by atoms with Crippen molar-refractivity contribution in [3.05, 3.63) is 47.5 Å². The molecular weight excluding hydrogens is 481 g/mol. The highest BCUT2D eigenvalue weighted by Crippen LogP contribution is 2.13. The van der Waals surface area contributed by atoms with Gasteiger partial charge in [-0.05, 0) is 19.0 Å². The van der Waals surface area contributed by atoms with E-state index in [1.165, 1.54) is 5.56 Å². The number of halogens is 1. The van der Waals surface area contributed by atoms with Crippen molar-refractivity contribution in [1.29, 1.82) is 0 Å². The number of guanidine groups is 1. The third-order valence-electron chi connectivity index (χ3n) is 4.82. The lowest BCUT2D eigenvalue weighted by atomic mass is 10.1. The van der Waals surface area contributed by atoms with Crippen LogP contribution in [-0.2, 0) is 30.9 Å². The van der Waals surface area contributed by atoms with Crippen molar-refractivity contribution in [2.75, 3.05) is 34.3 Å². The SMILES string of the molecule is CN=C(NCCN(C)Cc1ccccc1)NC1CCc2nc(COC)nn2C1.I. The van der Waals surface area contributed by atoms with Gasteiger partial charge in [-0.2, -0.15) is 5.10 Å². The van der Waals surface area contributed by atoms with Crippen LogP contribution in [0.15, 0.2) is 35.3 Å². The zero-order valence-corrected chi connectivity index (χ0v) is 19.8. The van der Waals surface area contributed by atoms with E-state index >= 15 is 0 Å². The van der Waals surface area contributed by atoms with Gasteiger partial charge in [-0.15, -0.1) is 24.0 Å². The number of benzene rings is 1. The number of aromatic nitrogens is 3. The number of methoxy groups -OCH3 is 1. The zero-order chi connectivity index (χ0) is 19.8. The van der Waals surface area contributed by atoms with Crippen molar-refractivity contribution in [3.63, 3.8) is 0 Å². The lowest BCUT2D eigenvalue weighted by Crippen LogP contribution is -2.48. The second-order valence-corrected chi connectivity index (χ2v) is 7.16. The molecule has 8 nitrogen and oxygen atoms in total. The third-order valence-corrected chi connectivity index (χ3v) is 4.82. The van der Waals surface area contributed by atoms with Crippen LogP contribution in [0.25, 0.3) is 0 Å². The van der Waals surface area contributed by atoms with Crippen LogP contribution in [0.1, 0.15) is 23.6 Å². The first-order valence-electron chi connectivity index (χ1n) is 9.79. The van der Waals surface area contributed by atoms with E-state index in [2.05, 4.69) is 61.9 Å². The Labute approximate surface area is 190 Å². The molecule has 0 aliphatic carbocycles. The summed E-state index contributed by atoms with van der Waals surface area (Å²) in [4.78, 5) is 11.2. The molecule has 1 aromatic heterocycles. The van der Waals surface area contributed by atoms with Crippen molar-refractivity contribution in [1.82, 2.24) is 30.3 Å². The molecule has 1 aromatic carbocycles. The minimum Gasteiger partial charge on any atom is -0.377 e. The highest BCUT2D eigenvalue weighted by atomic mass is 127. The largest absolute Gasteiger partial charge is 0.377 e. The molecule has 2 heterocycles. The molecule has 9 heteroatoms. The predicted molar refractivity (Wildman–Crippen MR) is 126 cm³/mol. The van der Waals surface area contributed by atoms with Gasteiger partial charge in [0.05, 0.1) is 6.54 Å². The molecule has 29 heavy (non-hydrogen) atoms. The average molecular weight is 513 g/mol. The van der Waals surface area contributed by atoms with Crippen molar-refractivity contribution < 1.29 is 4.74 Å². The van der Waals surface area contributed by atoms with E-state index in [0.29, 0.717) is 6.61 Å². The Kier molecular flexibility index (Phi) is 9.82. The number of hydrogen-bond acceptors (Lipinski definition) is 5. The highest BCUT2D eigenvalue weighted by molar-refractivity contribution is 14.0. The maximum atomic E-state index is 5.13. The molecule has 0 amide bonds. The summed E-state index contributed by atoms with van der Waals surface area (Å²) in [5.41, 5.74) is 1.33. The molecule has 1 unspecified atom stereocenters. The van der Waals surface area contributed by atoms with Gasteiger partial charge in [0.2, 0.25) is 0 Å². The fourth-order valence-corrected chi connectivity index (χ4v) is 3.40. The van der Waals surface area contributed by atoms with Crippen LogP contribution in [0.2, 0.25) is 0 Å². The summed E-state index contributed by atoms with van der Waals surface area (Å²) in [6.45, 7) is 3.96. The van der Waals surface area contributed by atoms with Gasteiger partial charge in [-0.25, -0.2) is 9.67 Å². The number of nitrogens with zero attached hydrogens (tertiary/aromatic N) is 5.